The Morgan fingerprint density at radius 2 is 1.61 bits per heavy atom. The van der Waals surface area contributed by atoms with Gasteiger partial charge >= 0.3 is 0 Å². The van der Waals surface area contributed by atoms with Gasteiger partial charge in [0.2, 0.25) is 0 Å². The third kappa shape index (κ3) is 4.31. The smallest absolute Gasteiger partial charge is 0.265 e. The molecule has 0 aromatic carbocycles. The van der Waals surface area contributed by atoms with E-state index in [2.05, 4.69) is 27.7 Å². The lowest BCUT2D eigenvalue weighted by molar-refractivity contribution is -0.228. The van der Waals surface area contributed by atoms with Crippen molar-refractivity contribution in [3.8, 4) is 0 Å². The van der Waals surface area contributed by atoms with Crippen LogP contribution < -0.4 is 0 Å². The minimum Gasteiger partial charge on any atom is -0.393 e. The van der Waals surface area contributed by atoms with E-state index in [1.807, 2.05) is 0 Å². The van der Waals surface area contributed by atoms with Crippen molar-refractivity contribution in [3.05, 3.63) is 0 Å². The van der Waals surface area contributed by atoms with Gasteiger partial charge in [-0.2, -0.15) is 8.42 Å². The first-order valence-electron chi connectivity index (χ1n) is 14.8. The van der Waals surface area contributed by atoms with Crippen molar-refractivity contribution in [3.63, 3.8) is 0 Å². The Kier molecular flexibility index (Phi) is 7.19. The molecule has 0 heterocycles. The molecule has 5 aliphatic rings. The van der Waals surface area contributed by atoms with Crippen LogP contribution in [0.1, 0.15) is 91.9 Å². The summed E-state index contributed by atoms with van der Waals surface area (Å²) in [5.41, 5.74) is -0.126. The molecule has 5 fully saturated rings. The number of aliphatic hydroxyl groups is 3. The summed E-state index contributed by atoms with van der Waals surface area (Å²) in [6.45, 7) is 9.22. The molecular formula is C29H50O6S. The van der Waals surface area contributed by atoms with Gasteiger partial charge in [0, 0.05) is 0 Å². The maximum Gasteiger partial charge on any atom is 0.265 e. The van der Waals surface area contributed by atoms with E-state index in [9.17, 15) is 23.7 Å². The van der Waals surface area contributed by atoms with Crippen LogP contribution in [0.25, 0.3) is 0 Å². The van der Waals surface area contributed by atoms with Gasteiger partial charge in [0.05, 0.1) is 24.1 Å². The summed E-state index contributed by atoms with van der Waals surface area (Å²) in [5.74, 6) is 2.71. The molecule has 0 radical (unpaired) electrons. The number of hydrogen-bond donors (Lipinski definition) is 4. The molecule has 0 saturated heterocycles. The van der Waals surface area contributed by atoms with E-state index in [1.54, 1.807) is 0 Å². The van der Waals surface area contributed by atoms with Crippen LogP contribution in [0.15, 0.2) is 0 Å². The zero-order chi connectivity index (χ0) is 26.2. The van der Waals surface area contributed by atoms with Crippen molar-refractivity contribution < 1.29 is 28.3 Å². The summed E-state index contributed by atoms with van der Waals surface area (Å²) in [6, 6.07) is 0. The molecule has 12 atom stereocenters. The number of aliphatic hydroxyl groups excluding tert-OH is 3. The first-order chi connectivity index (χ1) is 16.8. The van der Waals surface area contributed by atoms with Gasteiger partial charge in [-0.05, 0) is 122 Å². The van der Waals surface area contributed by atoms with E-state index < -0.39 is 10.1 Å². The number of rotatable bonds is 6. The van der Waals surface area contributed by atoms with Crippen molar-refractivity contribution in [1.29, 1.82) is 0 Å². The van der Waals surface area contributed by atoms with Crippen molar-refractivity contribution in [2.45, 2.75) is 110 Å². The monoisotopic (exact) mass is 526 g/mol. The molecule has 0 bridgehead atoms. The van der Waals surface area contributed by atoms with Gasteiger partial charge in [-0.1, -0.05) is 34.1 Å². The predicted molar refractivity (Wildman–Crippen MR) is 140 cm³/mol. The molecule has 5 aliphatic carbocycles. The maximum absolute atomic E-state index is 11.9. The van der Waals surface area contributed by atoms with Crippen molar-refractivity contribution >= 4 is 10.1 Å². The summed E-state index contributed by atoms with van der Waals surface area (Å²) in [4.78, 5) is 0. The van der Waals surface area contributed by atoms with Gasteiger partial charge in [-0.15, -0.1) is 0 Å². The van der Waals surface area contributed by atoms with Crippen LogP contribution in [-0.2, 0) is 10.1 Å². The lowest BCUT2D eigenvalue weighted by Crippen LogP contribution is -2.65. The van der Waals surface area contributed by atoms with Crippen LogP contribution in [0.3, 0.4) is 0 Å². The highest BCUT2D eigenvalue weighted by Gasteiger charge is 2.67. The lowest BCUT2D eigenvalue weighted by atomic mass is 9.41. The maximum atomic E-state index is 11.9. The Morgan fingerprint density at radius 3 is 2.25 bits per heavy atom. The van der Waals surface area contributed by atoms with E-state index in [1.165, 1.54) is 0 Å². The van der Waals surface area contributed by atoms with Crippen LogP contribution in [0.4, 0.5) is 0 Å². The molecule has 36 heavy (non-hydrogen) atoms. The van der Waals surface area contributed by atoms with Crippen LogP contribution in [-0.4, -0.2) is 52.4 Å². The van der Waals surface area contributed by atoms with E-state index >= 15 is 0 Å². The second kappa shape index (κ2) is 9.46. The molecule has 3 unspecified atom stereocenters. The SMILES string of the molecule is CC[C@H]1[C@@H](O)C2C3CC[C@H]([C@H](C)CC4CC(CS(=O)(=O)O)C4)[C@@]3(C)[C@@H](O)CC2[C@@]2(C)CC[C@@H](O)C[C@@H]12. The molecule has 208 valence electrons. The highest BCUT2D eigenvalue weighted by molar-refractivity contribution is 7.85. The highest BCUT2D eigenvalue weighted by Crippen LogP contribution is 2.69. The van der Waals surface area contributed by atoms with Crippen LogP contribution >= 0.6 is 0 Å². The second-order valence-electron chi connectivity index (χ2n) is 14.4. The quantitative estimate of drug-likeness (QED) is 0.378. The first-order valence-corrected chi connectivity index (χ1v) is 16.4. The van der Waals surface area contributed by atoms with Crippen molar-refractivity contribution in [2.75, 3.05) is 5.75 Å². The van der Waals surface area contributed by atoms with Gasteiger partial charge in [0.25, 0.3) is 10.1 Å². The summed E-state index contributed by atoms with van der Waals surface area (Å²) in [5, 5.41) is 34.2. The van der Waals surface area contributed by atoms with Crippen molar-refractivity contribution in [2.24, 2.45) is 64.1 Å². The summed E-state index contributed by atoms with van der Waals surface area (Å²) in [6.07, 6.45) is 8.26. The molecule has 0 amide bonds. The summed E-state index contributed by atoms with van der Waals surface area (Å²) >= 11 is 0. The Balaban J connectivity index is 1.34. The molecule has 5 saturated carbocycles. The summed E-state index contributed by atoms with van der Waals surface area (Å²) in [7, 11) is -3.90. The van der Waals surface area contributed by atoms with Gasteiger partial charge in [-0.25, -0.2) is 0 Å². The predicted octanol–water partition coefficient (Wildman–Crippen LogP) is 4.52. The molecule has 5 rings (SSSR count). The fourth-order valence-corrected chi connectivity index (χ4v) is 11.9. The van der Waals surface area contributed by atoms with E-state index in [0.717, 1.165) is 64.2 Å². The van der Waals surface area contributed by atoms with E-state index in [-0.39, 0.29) is 52.6 Å². The molecule has 0 spiro atoms. The Hall–Kier alpha value is -0.210. The average Bonchev–Trinajstić information content (AvgIpc) is 3.12. The Labute approximate surface area is 218 Å². The normalized spacial score (nSPS) is 53.6. The van der Waals surface area contributed by atoms with Crippen molar-refractivity contribution in [1.82, 2.24) is 0 Å². The van der Waals surface area contributed by atoms with Crippen LogP contribution in [0, 0.1) is 64.1 Å². The molecule has 0 aromatic heterocycles. The topological polar surface area (TPSA) is 115 Å². The molecule has 0 aliphatic heterocycles. The number of hydrogen-bond acceptors (Lipinski definition) is 5. The van der Waals surface area contributed by atoms with Crippen LogP contribution in [0.2, 0.25) is 0 Å². The largest absolute Gasteiger partial charge is 0.393 e. The minimum atomic E-state index is -3.90. The minimum absolute atomic E-state index is 0.0732. The van der Waals surface area contributed by atoms with Crippen LogP contribution in [0.5, 0.6) is 0 Å². The average molecular weight is 527 g/mol. The molecular weight excluding hydrogens is 476 g/mol. The molecule has 7 heteroatoms. The third-order valence-corrected chi connectivity index (χ3v) is 13.6. The van der Waals surface area contributed by atoms with Gasteiger partial charge in [0.1, 0.15) is 0 Å². The van der Waals surface area contributed by atoms with Gasteiger partial charge in [0.15, 0.2) is 0 Å². The zero-order valence-electron chi connectivity index (χ0n) is 22.7. The van der Waals surface area contributed by atoms with E-state index in [4.69, 9.17) is 4.55 Å². The Bertz CT molecular complexity index is 917. The fraction of sp³-hybridized carbons (Fsp3) is 1.00. The van der Waals surface area contributed by atoms with E-state index in [0.29, 0.717) is 35.5 Å². The number of fused-ring (bicyclic) bond motifs is 5. The Morgan fingerprint density at radius 1 is 0.917 bits per heavy atom. The first kappa shape index (κ1) is 27.4. The lowest BCUT2D eigenvalue weighted by Gasteiger charge is -2.65. The standard InChI is InChI=1S/C29H50O6S/c1-5-20-23-13-19(30)8-9-28(23,3)24-14-25(31)29(4)21(6-7-22(29)26(24)27(20)32)16(2)10-17-11-18(12-17)15-36(33,34)35/h16-27,30-32H,5-15H2,1-4H3,(H,33,34,35)/t16-,17?,18?,19-,20-,21-,22?,23+,24?,25+,26?,27-,28+,29-/m1/s1. The van der Waals surface area contributed by atoms with Gasteiger partial charge in [-0.3, -0.25) is 4.55 Å². The van der Waals surface area contributed by atoms with Gasteiger partial charge < -0.3 is 15.3 Å². The third-order valence-electron chi connectivity index (χ3n) is 12.7. The second-order valence-corrected chi connectivity index (χ2v) is 15.9. The summed E-state index contributed by atoms with van der Waals surface area (Å²) < 4.78 is 31.6. The molecule has 0 aromatic rings. The highest BCUT2D eigenvalue weighted by atomic mass is 32.2. The zero-order valence-corrected chi connectivity index (χ0v) is 23.5. The fourth-order valence-electron chi connectivity index (χ4n) is 11.1. The molecule has 4 N–H and O–H groups in total. The molecule has 6 nitrogen and oxygen atoms in total.